The van der Waals surface area contributed by atoms with E-state index in [0.717, 1.165) is 0 Å². The zero-order valence-corrected chi connectivity index (χ0v) is 10.2. The standard InChI is InChI=1S/C13H13F2NO2/c1-3-8-5-6-9(13(17)18-4-2)11(12(14)15)10(8)7-16/h5-6,12H,3-4H2,1-2H3. The van der Waals surface area contributed by atoms with Crippen LogP contribution in [0.3, 0.4) is 0 Å². The van der Waals surface area contributed by atoms with Gasteiger partial charge in [-0.3, -0.25) is 0 Å². The number of halogens is 2. The summed E-state index contributed by atoms with van der Waals surface area (Å²) >= 11 is 0. The summed E-state index contributed by atoms with van der Waals surface area (Å²) in [4.78, 5) is 11.6. The molecule has 0 bridgehead atoms. The number of hydrogen-bond donors (Lipinski definition) is 0. The molecule has 1 aromatic carbocycles. The number of nitriles is 1. The van der Waals surface area contributed by atoms with Crippen molar-refractivity contribution in [2.75, 3.05) is 6.61 Å². The molecule has 0 saturated heterocycles. The van der Waals surface area contributed by atoms with Gasteiger partial charge in [-0.25, -0.2) is 13.6 Å². The van der Waals surface area contributed by atoms with Gasteiger partial charge in [-0.2, -0.15) is 5.26 Å². The van der Waals surface area contributed by atoms with Gasteiger partial charge in [0.25, 0.3) is 6.43 Å². The molecule has 0 aliphatic rings. The van der Waals surface area contributed by atoms with Crippen LogP contribution in [-0.2, 0) is 11.2 Å². The van der Waals surface area contributed by atoms with E-state index in [9.17, 15) is 13.6 Å². The normalized spacial score (nSPS) is 10.2. The number of ether oxygens (including phenoxy) is 1. The Morgan fingerprint density at radius 2 is 2.11 bits per heavy atom. The Hall–Kier alpha value is -1.96. The van der Waals surface area contributed by atoms with Crippen LogP contribution in [0.2, 0.25) is 0 Å². The quantitative estimate of drug-likeness (QED) is 0.774. The number of esters is 1. The molecule has 0 unspecified atom stereocenters. The monoisotopic (exact) mass is 253 g/mol. The molecule has 1 rings (SSSR count). The molecule has 0 spiro atoms. The molecule has 3 nitrogen and oxygen atoms in total. The Morgan fingerprint density at radius 3 is 2.56 bits per heavy atom. The van der Waals surface area contributed by atoms with E-state index in [4.69, 9.17) is 10.00 Å². The Morgan fingerprint density at radius 1 is 1.44 bits per heavy atom. The molecule has 1 aromatic rings. The minimum atomic E-state index is -2.88. The van der Waals surface area contributed by atoms with Crippen molar-refractivity contribution in [1.82, 2.24) is 0 Å². The highest BCUT2D eigenvalue weighted by Gasteiger charge is 2.24. The minimum absolute atomic E-state index is 0.0962. The van der Waals surface area contributed by atoms with E-state index in [1.807, 2.05) is 0 Å². The SMILES string of the molecule is CCOC(=O)c1ccc(CC)c(C#N)c1C(F)F. The Bertz CT molecular complexity index is 492. The van der Waals surface area contributed by atoms with Crippen LogP contribution in [0.15, 0.2) is 12.1 Å². The van der Waals surface area contributed by atoms with Gasteiger partial charge in [-0.15, -0.1) is 0 Å². The van der Waals surface area contributed by atoms with E-state index >= 15 is 0 Å². The summed E-state index contributed by atoms with van der Waals surface area (Å²) in [6.45, 7) is 3.44. The van der Waals surface area contributed by atoms with Crippen LogP contribution in [0.5, 0.6) is 0 Å². The van der Waals surface area contributed by atoms with Gasteiger partial charge in [0.2, 0.25) is 0 Å². The molecule has 0 radical (unpaired) electrons. The Labute approximate surface area is 104 Å². The highest BCUT2D eigenvalue weighted by Crippen LogP contribution is 2.29. The van der Waals surface area contributed by atoms with Crippen molar-refractivity contribution in [2.45, 2.75) is 26.7 Å². The lowest BCUT2D eigenvalue weighted by molar-refractivity contribution is 0.0515. The van der Waals surface area contributed by atoms with Crippen molar-refractivity contribution in [3.8, 4) is 6.07 Å². The van der Waals surface area contributed by atoms with E-state index in [0.29, 0.717) is 12.0 Å². The smallest absolute Gasteiger partial charge is 0.338 e. The molecule has 0 atom stereocenters. The van der Waals surface area contributed by atoms with Crippen molar-refractivity contribution in [3.63, 3.8) is 0 Å². The zero-order valence-electron chi connectivity index (χ0n) is 10.2. The van der Waals surface area contributed by atoms with Crippen molar-refractivity contribution in [2.24, 2.45) is 0 Å². The molecule has 5 heteroatoms. The summed E-state index contributed by atoms with van der Waals surface area (Å²) in [5, 5.41) is 8.98. The molecule has 0 aliphatic heterocycles. The molecule has 0 aliphatic carbocycles. The van der Waals surface area contributed by atoms with Crippen molar-refractivity contribution in [1.29, 1.82) is 5.26 Å². The number of benzene rings is 1. The lowest BCUT2D eigenvalue weighted by atomic mass is 9.95. The maximum Gasteiger partial charge on any atom is 0.338 e. The third-order valence-corrected chi connectivity index (χ3v) is 2.54. The van der Waals surface area contributed by atoms with Crippen molar-refractivity contribution >= 4 is 5.97 Å². The molecule has 0 amide bonds. The summed E-state index contributed by atoms with van der Waals surface area (Å²) in [5.41, 5.74) is -0.394. The molecule has 0 N–H and O–H groups in total. The van der Waals surface area contributed by atoms with Gasteiger partial charge in [0, 0.05) is 0 Å². The molecule has 0 saturated carbocycles. The second-order valence-corrected chi connectivity index (χ2v) is 3.55. The van der Waals surface area contributed by atoms with Crippen molar-refractivity contribution in [3.05, 3.63) is 34.4 Å². The third kappa shape index (κ3) is 2.65. The second kappa shape index (κ2) is 6.10. The first-order chi connectivity index (χ1) is 8.56. The summed E-state index contributed by atoms with van der Waals surface area (Å²) in [6, 6.07) is 4.55. The van der Waals surface area contributed by atoms with E-state index in [1.165, 1.54) is 12.1 Å². The van der Waals surface area contributed by atoms with E-state index in [2.05, 4.69) is 0 Å². The van der Waals surface area contributed by atoms with Gasteiger partial charge in [0.1, 0.15) is 0 Å². The van der Waals surface area contributed by atoms with Crippen molar-refractivity contribution < 1.29 is 18.3 Å². The third-order valence-electron chi connectivity index (χ3n) is 2.54. The van der Waals surface area contributed by atoms with Gasteiger partial charge in [0.05, 0.1) is 29.4 Å². The highest BCUT2D eigenvalue weighted by molar-refractivity contribution is 5.92. The number of nitrogens with zero attached hydrogens (tertiary/aromatic N) is 1. The Balaban J connectivity index is 3.45. The zero-order chi connectivity index (χ0) is 13.7. The van der Waals surface area contributed by atoms with Crippen LogP contribution >= 0.6 is 0 Å². The summed E-state index contributed by atoms with van der Waals surface area (Å²) < 4.78 is 30.8. The average molecular weight is 253 g/mol. The van der Waals surface area contributed by atoms with E-state index < -0.39 is 18.0 Å². The van der Waals surface area contributed by atoms with Crippen LogP contribution in [0.4, 0.5) is 8.78 Å². The van der Waals surface area contributed by atoms with Gasteiger partial charge < -0.3 is 4.74 Å². The highest BCUT2D eigenvalue weighted by atomic mass is 19.3. The number of hydrogen-bond acceptors (Lipinski definition) is 3. The number of alkyl halides is 2. The summed E-state index contributed by atoms with van der Waals surface area (Å²) in [7, 11) is 0. The molecule has 96 valence electrons. The molecule has 18 heavy (non-hydrogen) atoms. The fourth-order valence-electron chi connectivity index (χ4n) is 1.70. The fourth-order valence-corrected chi connectivity index (χ4v) is 1.70. The summed E-state index contributed by atoms with van der Waals surface area (Å²) in [5.74, 6) is -0.827. The number of carbonyl (C=O) groups excluding carboxylic acids is 1. The van der Waals surface area contributed by atoms with Crippen LogP contribution in [0.1, 0.15) is 47.3 Å². The van der Waals surface area contributed by atoms with Gasteiger partial charge >= 0.3 is 5.97 Å². The lowest BCUT2D eigenvalue weighted by Gasteiger charge is -2.12. The first kappa shape index (κ1) is 14.1. The van der Waals surface area contributed by atoms with Crippen LogP contribution in [0, 0.1) is 11.3 Å². The predicted molar refractivity (Wildman–Crippen MR) is 61.4 cm³/mol. The van der Waals surface area contributed by atoms with Gasteiger partial charge in [0.15, 0.2) is 0 Å². The molecule has 0 fully saturated rings. The number of aryl methyl sites for hydroxylation is 1. The molecular formula is C13H13F2NO2. The first-order valence-electron chi connectivity index (χ1n) is 5.57. The summed E-state index contributed by atoms with van der Waals surface area (Å²) in [6.07, 6.45) is -2.43. The maximum absolute atomic E-state index is 13.0. The largest absolute Gasteiger partial charge is 0.462 e. The first-order valence-corrected chi connectivity index (χ1v) is 5.57. The van der Waals surface area contributed by atoms with Crippen LogP contribution in [-0.4, -0.2) is 12.6 Å². The average Bonchev–Trinajstić information content (AvgIpc) is 2.36. The Kier molecular flexibility index (Phi) is 4.78. The fraction of sp³-hybridized carbons (Fsp3) is 0.385. The molecular weight excluding hydrogens is 240 g/mol. The van der Waals surface area contributed by atoms with Crippen LogP contribution < -0.4 is 0 Å². The number of rotatable bonds is 4. The van der Waals surface area contributed by atoms with Gasteiger partial charge in [-0.1, -0.05) is 13.0 Å². The maximum atomic E-state index is 13.0. The predicted octanol–water partition coefficient (Wildman–Crippen LogP) is 3.23. The second-order valence-electron chi connectivity index (χ2n) is 3.55. The molecule has 0 aromatic heterocycles. The minimum Gasteiger partial charge on any atom is -0.462 e. The number of carbonyl (C=O) groups is 1. The van der Waals surface area contributed by atoms with E-state index in [-0.39, 0.29) is 17.7 Å². The molecule has 0 heterocycles. The lowest BCUT2D eigenvalue weighted by Crippen LogP contribution is -2.11. The van der Waals surface area contributed by atoms with Gasteiger partial charge in [-0.05, 0) is 25.0 Å². The topological polar surface area (TPSA) is 50.1 Å². The van der Waals surface area contributed by atoms with Crippen LogP contribution in [0.25, 0.3) is 0 Å². The van der Waals surface area contributed by atoms with E-state index in [1.54, 1.807) is 19.9 Å².